The van der Waals surface area contributed by atoms with Crippen molar-refractivity contribution in [2.45, 2.75) is 6.42 Å². The van der Waals surface area contributed by atoms with E-state index in [1.165, 1.54) is 36.2 Å². The Morgan fingerprint density at radius 3 is 2.60 bits per heavy atom. The lowest BCUT2D eigenvalue weighted by Crippen LogP contribution is -2.21. The molecule has 0 bridgehead atoms. The minimum Gasteiger partial charge on any atom is -0.496 e. The molecule has 0 fully saturated rings. The Labute approximate surface area is 268 Å². The number of amides is 1. The third kappa shape index (κ3) is 6.45. The van der Waals surface area contributed by atoms with E-state index in [9.17, 15) is 14.0 Å². The van der Waals surface area contributed by atoms with E-state index in [-0.39, 0.29) is 12.4 Å². The number of benzene rings is 4. The molecule has 1 N–H and O–H groups in total. The zero-order valence-electron chi connectivity index (χ0n) is 25.5. The first-order valence-corrected chi connectivity index (χ1v) is 14.5. The first kappa shape index (κ1) is 30.8. The standard InChI is InChI=1S/C36H29FN4O6/c1-4-9-23-16-22(17-31(45-3)34(23)46-21-33(42)39-25-11-7-10-24(37)18-25)20-38-41-35(40-28-13-6-5-12-26(28)36(41)43)32-19-27-29(44-2)14-8-15-30(27)47-32/h4-8,10-20H,1,9,21H2,2-3H3,(H,39,42). The number of rotatable bonds is 11. The summed E-state index contributed by atoms with van der Waals surface area (Å²) in [5, 5.41) is 8.27. The molecule has 0 aliphatic heterocycles. The Hall–Kier alpha value is -6.23. The summed E-state index contributed by atoms with van der Waals surface area (Å²) in [7, 11) is 3.04. The molecule has 2 heterocycles. The number of anilines is 1. The Morgan fingerprint density at radius 2 is 1.81 bits per heavy atom. The van der Waals surface area contributed by atoms with Gasteiger partial charge in [-0.05, 0) is 72.6 Å². The van der Waals surface area contributed by atoms with E-state index in [2.05, 4.69) is 17.0 Å². The molecule has 4 aromatic carbocycles. The number of carbonyl (C=O) groups is 1. The lowest BCUT2D eigenvalue weighted by Gasteiger charge is -2.16. The monoisotopic (exact) mass is 632 g/mol. The maximum Gasteiger partial charge on any atom is 0.282 e. The molecule has 6 rings (SSSR count). The highest BCUT2D eigenvalue weighted by Crippen LogP contribution is 2.34. The zero-order chi connectivity index (χ0) is 32.9. The SMILES string of the molecule is C=CCc1cc(C=Nn2c(-c3cc4c(OC)cccc4o3)nc3ccccc3c2=O)cc(OC)c1OCC(=O)Nc1cccc(F)c1. The highest BCUT2D eigenvalue weighted by molar-refractivity contribution is 5.92. The molecular formula is C36H29FN4O6. The van der Waals surface area contributed by atoms with Gasteiger partial charge in [-0.2, -0.15) is 9.78 Å². The van der Waals surface area contributed by atoms with Crippen LogP contribution in [0.1, 0.15) is 11.1 Å². The molecule has 0 spiro atoms. The number of methoxy groups -OCH3 is 2. The summed E-state index contributed by atoms with van der Waals surface area (Å²) in [5.41, 5.74) is 2.21. The number of nitrogens with one attached hydrogen (secondary N) is 1. The fraction of sp³-hybridized carbons (Fsp3) is 0.111. The molecule has 0 saturated heterocycles. The smallest absolute Gasteiger partial charge is 0.282 e. The number of nitrogens with zero attached hydrogens (tertiary/aromatic N) is 3. The van der Waals surface area contributed by atoms with E-state index in [4.69, 9.17) is 23.6 Å². The van der Waals surface area contributed by atoms with Crippen molar-refractivity contribution in [3.05, 3.63) is 125 Å². The summed E-state index contributed by atoms with van der Waals surface area (Å²) in [6.45, 7) is 3.48. The first-order chi connectivity index (χ1) is 22.9. The van der Waals surface area contributed by atoms with Crippen molar-refractivity contribution in [2.24, 2.45) is 5.10 Å². The van der Waals surface area contributed by atoms with Crippen LogP contribution in [0.2, 0.25) is 0 Å². The maximum absolute atomic E-state index is 13.8. The predicted molar refractivity (Wildman–Crippen MR) is 178 cm³/mol. The number of allylic oxidation sites excluding steroid dienone is 1. The largest absolute Gasteiger partial charge is 0.496 e. The van der Waals surface area contributed by atoms with Crippen molar-refractivity contribution in [3.63, 3.8) is 0 Å². The van der Waals surface area contributed by atoms with Gasteiger partial charge >= 0.3 is 0 Å². The van der Waals surface area contributed by atoms with Crippen LogP contribution in [0, 0.1) is 5.82 Å². The zero-order valence-corrected chi connectivity index (χ0v) is 25.5. The molecule has 47 heavy (non-hydrogen) atoms. The van der Waals surface area contributed by atoms with Crippen LogP contribution in [0.5, 0.6) is 17.2 Å². The van der Waals surface area contributed by atoms with Crippen molar-refractivity contribution in [1.29, 1.82) is 0 Å². The highest BCUT2D eigenvalue weighted by atomic mass is 19.1. The van der Waals surface area contributed by atoms with Gasteiger partial charge in [0.25, 0.3) is 11.5 Å². The number of furan rings is 1. The van der Waals surface area contributed by atoms with Crippen LogP contribution in [-0.4, -0.2) is 42.6 Å². The van der Waals surface area contributed by atoms with Crippen molar-refractivity contribution in [3.8, 4) is 28.8 Å². The average molecular weight is 633 g/mol. The second-order valence-corrected chi connectivity index (χ2v) is 10.3. The summed E-state index contributed by atoms with van der Waals surface area (Å²) in [6, 6.07) is 23.2. The molecule has 236 valence electrons. The predicted octanol–water partition coefficient (Wildman–Crippen LogP) is 6.59. The minimum atomic E-state index is -0.480. The summed E-state index contributed by atoms with van der Waals surface area (Å²) in [4.78, 5) is 31.1. The van der Waals surface area contributed by atoms with E-state index in [1.807, 2.05) is 12.1 Å². The van der Waals surface area contributed by atoms with Crippen molar-refractivity contribution >= 4 is 39.7 Å². The second-order valence-electron chi connectivity index (χ2n) is 10.3. The number of hydrogen-bond acceptors (Lipinski definition) is 8. The summed E-state index contributed by atoms with van der Waals surface area (Å²) in [6.07, 6.45) is 3.56. The number of hydrogen-bond donors (Lipinski definition) is 1. The molecule has 0 aliphatic rings. The fourth-order valence-electron chi connectivity index (χ4n) is 5.12. The number of ether oxygens (including phenoxy) is 3. The second kappa shape index (κ2) is 13.4. The number of aromatic nitrogens is 2. The van der Waals surface area contributed by atoms with Gasteiger partial charge in [-0.3, -0.25) is 9.59 Å². The van der Waals surface area contributed by atoms with E-state index in [0.29, 0.717) is 62.7 Å². The Balaban J connectivity index is 1.36. The van der Waals surface area contributed by atoms with Gasteiger partial charge in [0.1, 0.15) is 17.1 Å². The molecule has 0 unspecified atom stereocenters. The summed E-state index contributed by atoms with van der Waals surface area (Å²) in [5.74, 6) is 0.861. The lowest BCUT2D eigenvalue weighted by atomic mass is 10.1. The first-order valence-electron chi connectivity index (χ1n) is 14.5. The lowest BCUT2D eigenvalue weighted by molar-refractivity contribution is -0.118. The fourth-order valence-corrected chi connectivity index (χ4v) is 5.12. The van der Waals surface area contributed by atoms with Gasteiger partial charge < -0.3 is 23.9 Å². The van der Waals surface area contributed by atoms with Crippen molar-refractivity contribution in [2.75, 3.05) is 26.1 Å². The van der Waals surface area contributed by atoms with Crippen LogP contribution < -0.4 is 25.1 Å². The topological polar surface area (TPSA) is 117 Å². The van der Waals surface area contributed by atoms with E-state index < -0.39 is 17.3 Å². The molecule has 0 saturated carbocycles. The van der Waals surface area contributed by atoms with Gasteiger partial charge in [0.15, 0.2) is 23.9 Å². The average Bonchev–Trinajstić information content (AvgIpc) is 3.52. The number of fused-ring (bicyclic) bond motifs is 2. The molecule has 2 aromatic heterocycles. The van der Waals surface area contributed by atoms with E-state index >= 15 is 0 Å². The van der Waals surface area contributed by atoms with Gasteiger partial charge in [0.2, 0.25) is 5.82 Å². The summed E-state index contributed by atoms with van der Waals surface area (Å²) < 4.78 is 37.8. The molecular weight excluding hydrogens is 603 g/mol. The van der Waals surface area contributed by atoms with Crippen LogP contribution in [0.25, 0.3) is 33.5 Å². The maximum atomic E-state index is 13.8. The van der Waals surface area contributed by atoms with E-state index in [0.717, 1.165) is 5.39 Å². The van der Waals surface area contributed by atoms with Crippen LogP contribution in [0.3, 0.4) is 0 Å². The number of carbonyl (C=O) groups excluding carboxylic acids is 1. The van der Waals surface area contributed by atoms with Crippen molar-refractivity contribution in [1.82, 2.24) is 9.66 Å². The molecule has 0 aliphatic carbocycles. The molecule has 1 amide bonds. The van der Waals surface area contributed by atoms with Gasteiger partial charge in [0.05, 0.1) is 36.7 Å². The van der Waals surface area contributed by atoms with Crippen LogP contribution in [0.4, 0.5) is 10.1 Å². The quantitative estimate of drug-likeness (QED) is 0.126. The molecule has 0 atom stereocenters. The third-order valence-corrected chi connectivity index (χ3v) is 7.23. The molecule has 0 radical (unpaired) electrons. The van der Waals surface area contributed by atoms with Gasteiger partial charge in [0, 0.05) is 11.3 Å². The highest BCUT2D eigenvalue weighted by Gasteiger charge is 2.19. The number of para-hydroxylation sites is 1. The Kier molecular flexibility index (Phi) is 8.78. The Bertz CT molecular complexity index is 2220. The summed E-state index contributed by atoms with van der Waals surface area (Å²) >= 11 is 0. The van der Waals surface area contributed by atoms with Gasteiger partial charge in [-0.1, -0.05) is 30.3 Å². The minimum absolute atomic E-state index is 0.200. The van der Waals surface area contributed by atoms with Crippen LogP contribution in [-0.2, 0) is 11.2 Å². The van der Waals surface area contributed by atoms with Gasteiger partial charge in [-0.15, -0.1) is 6.58 Å². The molecule has 11 heteroatoms. The Morgan fingerprint density at radius 1 is 1.00 bits per heavy atom. The van der Waals surface area contributed by atoms with Gasteiger partial charge in [-0.25, -0.2) is 9.37 Å². The van der Waals surface area contributed by atoms with Crippen LogP contribution in [0.15, 0.2) is 112 Å². The third-order valence-electron chi connectivity index (χ3n) is 7.23. The molecule has 6 aromatic rings. The van der Waals surface area contributed by atoms with Crippen molar-refractivity contribution < 1.29 is 27.8 Å². The van der Waals surface area contributed by atoms with Crippen LogP contribution >= 0.6 is 0 Å². The molecule has 10 nitrogen and oxygen atoms in total. The normalized spacial score (nSPS) is 11.2. The number of halogens is 1. The van der Waals surface area contributed by atoms with E-state index in [1.54, 1.807) is 67.8 Å².